The van der Waals surface area contributed by atoms with Gasteiger partial charge in [0.05, 0.1) is 11.4 Å². The van der Waals surface area contributed by atoms with Crippen LogP contribution >= 0.6 is 0 Å². The molecule has 2 aromatic rings. The predicted octanol–water partition coefficient (Wildman–Crippen LogP) is 4.63. The molecular formula is C22H22N2O2. The molecular weight excluding hydrogens is 324 g/mol. The number of nitrogens with zero attached hydrogens (tertiary/aromatic N) is 2. The molecule has 1 aliphatic heterocycles. The SMILES string of the molecule is CCC[C@]1(/C=C\C(=O)c2ccccc2)C(=O)N(c2ccccc2)N=C1C. The summed E-state index contributed by atoms with van der Waals surface area (Å²) in [5, 5.41) is 5.95. The van der Waals surface area contributed by atoms with Crippen LogP contribution < -0.4 is 5.01 Å². The van der Waals surface area contributed by atoms with Gasteiger partial charge >= 0.3 is 0 Å². The Bertz CT molecular complexity index is 856. The molecule has 0 unspecified atom stereocenters. The second-order valence-electron chi connectivity index (χ2n) is 6.42. The van der Waals surface area contributed by atoms with Gasteiger partial charge in [-0.05, 0) is 31.6 Å². The molecule has 1 amide bonds. The number of benzene rings is 2. The monoisotopic (exact) mass is 346 g/mol. The van der Waals surface area contributed by atoms with Gasteiger partial charge in [-0.1, -0.05) is 68.0 Å². The van der Waals surface area contributed by atoms with Crippen molar-refractivity contribution in [1.29, 1.82) is 0 Å². The van der Waals surface area contributed by atoms with Crippen molar-refractivity contribution in [2.75, 3.05) is 5.01 Å². The number of hydrogen-bond donors (Lipinski definition) is 0. The van der Waals surface area contributed by atoms with E-state index in [0.717, 1.165) is 12.1 Å². The zero-order valence-electron chi connectivity index (χ0n) is 15.1. The summed E-state index contributed by atoms with van der Waals surface area (Å²) < 4.78 is 0. The topological polar surface area (TPSA) is 49.7 Å². The molecule has 0 aromatic heterocycles. The summed E-state index contributed by atoms with van der Waals surface area (Å²) in [6.07, 6.45) is 4.67. The first kappa shape index (κ1) is 17.8. The quantitative estimate of drug-likeness (QED) is 0.565. The van der Waals surface area contributed by atoms with Crippen molar-refractivity contribution in [2.24, 2.45) is 10.5 Å². The molecule has 0 aliphatic carbocycles. The van der Waals surface area contributed by atoms with Gasteiger partial charge in [-0.15, -0.1) is 0 Å². The summed E-state index contributed by atoms with van der Waals surface area (Å²) >= 11 is 0. The van der Waals surface area contributed by atoms with Crippen LogP contribution in [0.3, 0.4) is 0 Å². The van der Waals surface area contributed by atoms with Gasteiger partial charge < -0.3 is 0 Å². The maximum Gasteiger partial charge on any atom is 0.263 e. The van der Waals surface area contributed by atoms with Gasteiger partial charge in [-0.2, -0.15) is 10.1 Å². The van der Waals surface area contributed by atoms with Crippen LogP contribution in [-0.4, -0.2) is 17.4 Å². The fourth-order valence-electron chi connectivity index (χ4n) is 3.25. The summed E-state index contributed by atoms with van der Waals surface area (Å²) in [4.78, 5) is 25.7. The molecule has 0 saturated heterocycles. The normalized spacial score (nSPS) is 19.8. The van der Waals surface area contributed by atoms with Crippen molar-refractivity contribution < 1.29 is 9.59 Å². The van der Waals surface area contributed by atoms with E-state index in [9.17, 15) is 9.59 Å². The minimum absolute atomic E-state index is 0.111. The van der Waals surface area contributed by atoms with Gasteiger partial charge in [0.15, 0.2) is 5.78 Å². The Kier molecular flexibility index (Phi) is 5.12. The van der Waals surface area contributed by atoms with Crippen molar-refractivity contribution in [3.63, 3.8) is 0 Å². The predicted molar refractivity (Wildman–Crippen MR) is 104 cm³/mol. The average molecular weight is 346 g/mol. The number of carbonyl (C=O) groups is 2. The second kappa shape index (κ2) is 7.48. The van der Waals surface area contributed by atoms with Crippen molar-refractivity contribution in [1.82, 2.24) is 0 Å². The Morgan fingerprint density at radius 2 is 1.69 bits per heavy atom. The maximum absolute atomic E-state index is 13.2. The molecule has 26 heavy (non-hydrogen) atoms. The Morgan fingerprint density at radius 3 is 2.31 bits per heavy atom. The highest BCUT2D eigenvalue weighted by atomic mass is 16.2. The standard InChI is InChI=1S/C22H22N2O2/c1-3-15-22(16-14-20(25)18-10-6-4-7-11-18)17(2)23-24(21(22)26)19-12-8-5-9-13-19/h4-14,16H,3,15H2,1-2H3/b16-14-/t22-/m1/s1. The van der Waals surface area contributed by atoms with Gasteiger partial charge in [0.1, 0.15) is 5.41 Å². The number of hydrazone groups is 1. The molecule has 1 atom stereocenters. The van der Waals surface area contributed by atoms with Gasteiger partial charge in [-0.3, -0.25) is 9.59 Å². The van der Waals surface area contributed by atoms with Crippen LogP contribution in [0.25, 0.3) is 0 Å². The maximum atomic E-state index is 13.2. The van der Waals surface area contributed by atoms with Crippen LogP contribution in [0.4, 0.5) is 5.69 Å². The van der Waals surface area contributed by atoms with Crippen molar-refractivity contribution in [2.45, 2.75) is 26.7 Å². The van der Waals surface area contributed by atoms with Crippen molar-refractivity contribution in [3.8, 4) is 0 Å². The first-order valence-electron chi connectivity index (χ1n) is 8.82. The van der Waals surface area contributed by atoms with E-state index in [0.29, 0.717) is 17.7 Å². The highest BCUT2D eigenvalue weighted by molar-refractivity contribution is 6.20. The van der Waals surface area contributed by atoms with E-state index >= 15 is 0 Å². The second-order valence-corrected chi connectivity index (χ2v) is 6.42. The van der Waals surface area contributed by atoms with Gasteiger partial charge in [0.2, 0.25) is 0 Å². The van der Waals surface area contributed by atoms with E-state index < -0.39 is 5.41 Å². The molecule has 0 N–H and O–H groups in total. The molecule has 1 aliphatic rings. The molecule has 3 rings (SSSR count). The van der Waals surface area contributed by atoms with E-state index in [1.54, 1.807) is 18.2 Å². The summed E-state index contributed by atoms with van der Waals surface area (Å²) in [7, 11) is 0. The van der Waals surface area contributed by atoms with Crippen LogP contribution in [-0.2, 0) is 4.79 Å². The number of rotatable bonds is 6. The van der Waals surface area contributed by atoms with Crippen LogP contribution in [0.15, 0.2) is 77.9 Å². The number of amides is 1. The lowest BCUT2D eigenvalue weighted by atomic mass is 9.78. The molecule has 0 saturated carbocycles. The number of carbonyl (C=O) groups excluding carboxylic acids is 2. The van der Waals surface area contributed by atoms with Crippen LogP contribution in [0.1, 0.15) is 37.0 Å². The number of para-hydroxylation sites is 1. The van der Waals surface area contributed by atoms with Crippen molar-refractivity contribution in [3.05, 3.63) is 78.4 Å². The fourth-order valence-corrected chi connectivity index (χ4v) is 3.25. The molecule has 0 fully saturated rings. The average Bonchev–Trinajstić information content (AvgIpc) is 2.93. The Morgan fingerprint density at radius 1 is 1.08 bits per heavy atom. The highest BCUT2D eigenvalue weighted by Crippen LogP contribution is 2.38. The van der Waals surface area contributed by atoms with Gasteiger partial charge in [-0.25, -0.2) is 0 Å². The van der Waals surface area contributed by atoms with E-state index in [4.69, 9.17) is 0 Å². The summed E-state index contributed by atoms with van der Waals surface area (Å²) in [6.45, 7) is 3.88. The molecule has 0 spiro atoms. The van der Waals surface area contributed by atoms with E-state index in [1.807, 2.05) is 62.4 Å². The number of hydrogen-bond acceptors (Lipinski definition) is 3. The zero-order valence-corrected chi connectivity index (χ0v) is 15.1. The Balaban J connectivity index is 1.93. The van der Waals surface area contributed by atoms with Crippen LogP contribution in [0, 0.1) is 5.41 Å². The first-order chi connectivity index (χ1) is 12.6. The molecule has 132 valence electrons. The van der Waals surface area contributed by atoms with Gasteiger partial charge in [0.25, 0.3) is 5.91 Å². The lowest BCUT2D eigenvalue weighted by molar-refractivity contribution is -0.122. The number of allylic oxidation sites excluding steroid dienone is 1. The van der Waals surface area contributed by atoms with Crippen LogP contribution in [0.5, 0.6) is 0 Å². The minimum Gasteiger partial charge on any atom is -0.289 e. The van der Waals surface area contributed by atoms with E-state index in [-0.39, 0.29) is 11.7 Å². The minimum atomic E-state index is -0.866. The summed E-state index contributed by atoms with van der Waals surface area (Å²) in [5.74, 6) is -0.222. The number of anilines is 1. The molecule has 1 heterocycles. The smallest absolute Gasteiger partial charge is 0.263 e. The Hall–Kier alpha value is -3.01. The van der Waals surface area contributed by atoms with E-state index in [1.165, 1.54) is 11.1 Å². The summed E-state index contributed by atoms with van der Waals surface area (Å²) in [6, 6.07) is 18.4. The van der Waals surface area contributed by atoms with Crippen molar-refractivity contribution >= 4 is 23.1 Å². The third kappa shape index (κ3) is 3.23. The first-order valence-corrected chi connectivity index (χ1v) is 8.82. The third-order valence-corrected chi connectivity index (χ3v) is 4.69. The third-order valence-electron chi connectivity index (χ3n) is 4.69. The molecule has 0 bridgehead atoms. The molecule has 2 aromatic carbocycles. The molecule has 4 nitrogen and oxygen atoms in total. The lowest BCUT2D eigenvalue weighted by Gasteiger charge is -2.24. The highest BCUT2D eigenvalue weighted by Gasteiger charge is 2.47. The Labute approximate surface area is 153 Å². The van der Waals surface area contributed by atoms with E-state index in [2.05, 4.69) is 5.10 Å². The summed E-state index contributed by atoms with van der Waals surface area (Å²) in [5.41, 5.74) is 1.19. The largest absolute Gasteiger partial charge is 0.289 e. The lowest BCUT2D eigenvalue weighted by Crippen LogP contribution is -2.37. The fraction of sp³-hybridized carbons (Fsp3) is 0.227. The molecule has 0 radical (unpaired) electrons. The van der Waals surface area contributed by atoms with Gasteiger partial charge in [0, 0.05) is 5.56 Å². The molecule has 4 heteroatoms. The van der Waals surface area contributed by atoms with Crippen LogP contribution in [0.2, 0.25) is 0 Å². The number of ketones is 1. The zero-order chi connectivity index (χ0) is 18.6.